The van der Waals surface area contributed by atoms with Gasteiger partial charge in [0.1, 0.15) is 0 Å². The van der Waals surface area contributed by atoms with Crippen LogP contribution in [0.1, 0.15) is 0 Å². The van der Waals surface area contributed by atoms with Gasteiger partial charge in [0.25, 0.3) is 0 Å². The van der Waals surface area contributed by atoms with Crippen LogP contribution in [0.5, 0.6) is 0 Å². The summed E-state index contributed by atoms with van der Waals surface area (Å²) in [5.74, 6) is -0.912. The van der Waals surface area contributed by atoms with Crippen molar-refractivity contribution in [2.24, 2.45) is 5.73 Å². The fourth-order valence-electron chi connectivity index (χ4n) is 0. The predicted molar refractivity (Wildman–Crippen MR) is 22.4 cm³/mol. The highest BCUT2D eigenvalue weighted by Crippen LogP contribution is 1.55. The summed E-state index contributed by atoms with van der Waals surface area (Å²) in [7, 11) is 0. The molecule has 0 bridgehead atoms. The molecule has 0 aliphatic rings. The van der Waals surface area contributed by atoms with Crippen molar-refractivity contribution in [2.75, 3.05) is 6.67 Å². The molecule has 0 spiro atoms. The molecule has 0 radical (unpaired) electrons. The summed E-state index contributed by atoms with van der Waals surface area (Å²) in [5, 5.41) is 0. The van der Waals surface area contributed by atoms with Crippen LogP contribution < -0.4 is 5.73 Å². The quantitative estimate of drug-likeness (QED) is 0.506. The molecule has 0 unspecified atom stereocenters. The van der Waals surface area contributed by atoms with Crippen molar-refractivity contribution in [1.82, 2.24) is 0 Å². The molecule has 2 N–H and O–H groups in total. The standard InChI is InChI=1S/C2H4FNO.ClH/c3-1-2(4)5;/h1H2,(H2,4,5);1H. The Morgan fingerprint density at radius 1 is 1.83 bits per heavy atom. The number of hydrogen-bond donors (Lipinski definition) is 1. The fourth-order valence-corrected chi connectivity index (χ4v) is 0. The first-order valence-corrected chi connectivity index (χ1v) is 1.11. The zero-order chi connectivity index (χ0) is 4.28. The number of hydrogen-bond acceptors (Lipinski definition) is 1. The number of rotatable bonds is 1. The number of halogens is 2. The minimum Gasteiger partial charge on any atom is -0.367 e. The number of carbonyl (C=O) groups excluding carboxylic acids is 1. The lowest BCUT2D eigenvalue weighted by Crippen LogP contribution is -2.11. The van der Waals surface area contributed by atoms with Crippen molar-refractivity contribution in [1.29, 1.82) is 0 Å². The Hall–Kier alpha value is -0.310. The van der Waals surface area contributed by atoms with Crippen LogP contribution in [0.4, 0.5) is 4.39 Å². The molecule has 0 fully saturated rings. The SMILES string of the molecule is Cl.NC(=O)CF. The molecule has 0 aliphatic carbocycles. The lowest BCUT2D eigenvalue weighted by Gasteiger charge is -1.70. The molecule has 4 heteroatoms. The molecule has 0 heterocycles. The first-order chi connectivity index (χ1) is 2.27. The Balaban J connectivity index is 0. The second-order valence-corrected chi connectivity index (χ2v) is 0.600. The Bertz CT molecular complexity index is 48.8. The van der Waals surface area contributed by atoms with Crippen LogP contribution in [0.25, 0.3) is 0 Å². The van der Waals surface area contributed by atoms with E-state index in [9.17, 15) is 9.18 Å². The molecular formula is C2H5ClFNO. The molecule has 38 valence electrons. The molecular weight excluding hydrogens is 108 g/mol. The van der Waals surface area contributed by atoms with Gasteiger partial charge in [0.15, 0.2) is 6.67 Å². The van der Waals surface area contributed by atoms with Crippen molar-refractivity contribution in [3.63, 3.8) is 0 Å². The maximum absolute atomic E-state index is 10.6. The minimum absolute atomic E-state index is 0. The maximum atomic E-state index is 10.6. The Morgan fingerprint density at radius 2 is 2.00 bits per heavy atom. The van der Waals surface area contributed by atoms with Crippen LogP contribution in [-0.4, -0.2) is 12.6 Å². The lowest BCUT2D eigenvalue weighted by atomic mass is 10.7. The Labute approximate surface area is 40.9 Å². The second-order valence-electron chi connectivity index (χ2n) is 0.600. The maximum Gasteiger partial charge on any atom is 0.248 e. The van der Waals surface area contributed by atoms with Crippen LogP contribution in [0, 0.1) is 0 Å². The molecule has 1 amide bonds. The average molecular weight is 114 g/mol. The molecule has 0 aromatic heterocycles. The van der Waals surface area contributed by atoms with Crippen molar-refractivity contribution < 1.29 is 9.18 Å². The van der Waals surface area contributed by atoms with Crippen LogP contribution in [0.3, 0.4) is 0 Å². The molecule has 0 aliphatic heterocycles. The third kappa shape index (κ3) is 9.35. The summed E-state index contributed by atoms with van der Waals surface area (Å²) >= 11 is 0. The molecule has 0 saturated heterocycles. The number of primary amides is 1. The van der Waals surface area contributed by atoms with E-state index in [4.69, 9.17) is 0 Å². The van der Waals surface area contributed by atoms with Crippen LogP contribution in [0.15, 0.2) is 0 Å². The van der Waals surface area contributed by atoms with Crippen molar-refractivity contribution in [2.45, 2.75) is 0 Å². The van der Waals surface area contributed by atoms with Crippen molar-refractivity contribution in [3.8, 4) is 0 Å². The van der Waals surface area contributed by atoms with Crippen molar-refractivity contribution in [3.05, 3.63) is 0 Å². The third-order valence-electron chi connectivity index (χ3n) is 0.132. The van der Waals surface area contributed by atoms with Gasteiger partial charge in [0.05, 0.1) is 0 Å². The molecule has 6 heavy (non-hydrogen) atoms. The van der Waals surface area contributed by atoms with Crippen LogP contribution in [0.2, 0.25) is 0 Å². The van der Waals surface area contributed by atoms with E-state index in [1.807, 2.05) is 0 Å². The van der Waals surface area contributed by atoms with Gasteiger partial charge in [-0.2, -0.15) is 0 Å². The van der Waals surface area contributed by atoms with Gasteiger partial charge in [0, 0.05) is 0 Å². The molecule has 2 nitrogen and oxygen atoms in total. The smallest absolute Gasteiger partial charge is 0.248 e. The fraction of sp³-hybridized carbons (Fsp3) is 0.500. The van der Waals surface area contributed by atoms with Crippen molar-refractivity contribution >= 4 is 18.3 Å². The lowest BCUT2D eigenvalue weighted by molar-refractivity contribution is -0.118. The van der Waals surface area contributed by atoms with Gasteiger partial charge in [-0.15, -0.1) is 12.4 Å². The molecule has 0 aromatic rings. The van der Waals surface area contributed by atoms with Crippen LogP contribution in [-0.2, 0) is 4.79 Å². The zero-order valence-corrected chi connectivity index (χ0v) is 3.80. The Morgan fingerprint density at radius 3 is 2.00 bits per heavy atom. The topological polar surface area (TPSA) is 43.1 Å². The monoisotopic (exact) mass is 113 g/mol. The van der Waals surface area contributed by atoms with E-state index in [1.165, 1.54) is 0 Å². The summed E-state index contributed by atoms with van der Waals surface area (Å²) < 4.78 is 10.6. The molecule has 0 aromatic carbocycles. The van der Waals surface area contributed by atoms with E-state index in [2.05, 4.69) is 5.73 Å². The number of nitrogens with two attached hydrogens (primary N) is 1. The summed E-state index contributed by atoms with van der Waals surface area (Å²) in [6, 6.07) is 0. The second kappa shape index (κ2) is 4.69. The van der Waals surface area contributed by atoms with E-state index in [-0.39, 0.29) is 12.4 Å². The highest BCUT2D eigenvalue weighted by molar-refractivity contribution is 5.85. The van der Waals surface area contributed by atoms with E-state index in [0.717, 1.165) is 0 Å². The van der Waals surface area contributed by atoms with E-state index >= 15 is 0 Å². The van der Waals surface area contributed by atoms with Gasteiger partial charge in [-0.1, -0.05) is 0 Å². The first-order valence-electron chi connectivity index (χ1n) is 1.11. The largest absolute Gasteiger partial charge is 0.367 e. The predicted octanol–water partition coefficient (Wildman–Crippen LogP) is -0.137. The highest BCUT2D eigenvalue weighted by atomic mass is 35.5. The minimum atomic E-state index is -1.06. The zero-order valence-electron chi connectivity index (χ0n) is 2.98. The normalized spacial score (nSPS) is 6.17. The summed E-state index contributed by atoms with van der Waals surface area (Å²) in [5.41, 5.74) is 4.28. The van der Waals surface area contributed by atoms with Gasteiger partial charge in [-0.05, 0) is 0 Å². The number of carbonyl (C=O) groups is 1. The third-order valence-corrected chi connectivity index (χ3v) is 0.132. The first kappa shape index (κ1) is 9.19. The summed E-state index contributed by atoms with van der Waals surface area (Å²) in [6.07, 6.45) is 0. The van der Waals surface area contributed by atoms with Crippen LogP contribution >= 0.6 is 12.4 Å². The van der Waals surface area contributed by atoms with Gasteiger partial charge < -0.3 is 5.73 Å². The van der Waals surface area contributed by atoms with E-state index in [1.54, 1.807) is 0 Å². The van der Waals surface area contributed by atoms with Gasteiger partial charge in [-0.25, -0.2) is 4.39 Å². The summed E-state index contributed by atoms with van der Waals surface area (Å²) in [4.78, 5) is 9.22. The molecule has 0 rings (SSSR count). The molecule has 0 atom stereocenters. The highest BCUT2D eigenvalue weighted by Gasteiger charge is 1.81. The van der Waals surface area contributed by atoms with Gasteiger partial charge in [-0.3, -0.25) is 4.79 Å². The van der Waals surface area contributed by atoms with Gasteiger partial charge >= 0.3 is 0 Å². The van der Waals surface area contributed by atoms with E-state index < -0.39 is 12.6 Å². The number of alkyl halides is 1. The number of amides is 1. The van der Waals surface area contributed by atoms with Gasteiger partial charge in [0.2, 0.25) is 5.91 Å². The average Bonchev–Trinajstić information content (AvgIpc) is 1.38. The Kier molecular flexibility index (Phi) is 7.19. The summed E-state index contributed by atoms with van der Waals surface area (Å²) in [6.45, 7) is -1.06. The van der Waals surface area contributed by atoms with E-state index in [0.29, 0.717) is 0 Å². The molecule has 0 saturated carbocycles.